The highest BCUT2D eigenvalue weighted by atomic mass is 32.1. The molecule has 0 unspecified atom stereocenters. The molecule has 0 bridgehead atoms. The summed E-state index contributed by atoms with van der Waals surface area (Å²) in [7, 11) is 0. The molecule has 0 aromatic rings. The number of nitrogens with one attached hydrogen (secondary N) is 4. The van der Waals surface area contributed by atoms with Crippen molar-refractivity contribution in [2.75, 3.05) is 105 Å². The Labute approximate surface area is 254 Å². The summed E-state index contributed by atoms with van der Waals surface area (Å²) >= 11 is 22.1. The molecule has 0 radical (unpaired) electrons. The zero-order valence-corrected chi connectivity index (χ0v) is 27.4. The van der Waals surface area contributed by atoms with E-state index in [1.165, 1.54) is 0 Å². The van der Waals surface area contributed by atoms with E-state index in [0.717, 1.165) is 118 Å². The van der Waals surface area contributed by atoms with Crippen molar-refractivity contribution in [3.05, 3.63) is 0 Å². The van der Waals surface area contributed by atoms with Gasteiger partial charge in [-0.3, -0.25) is 0 Å². The first-order chi connectivity index (χ1) is 18.3. The van der Waals surface area contributed by atoms with Gasteiger partial charge in [0, 0.05) is 52.4 Å². The normalized spacial score (nSPS) is 21.8. The Balaban J connectivity index is 2.69. The predicted octanol–water partition coefficient (Wildman–Crippen LogP) is 1.74. The Morgan fingerprint density at radius 1 is 0.421 bits per heavy atom. The van der Waals surface area contributed by atoms with Gasteiger partial charge in [0.15, 0.2) is 0 Å². The minimum atomic E-state index is 0.648. The summed E-state index contributed by atoms with van der Waals surface area (Å²) < 4.78 is 0. The maximum atomic E-state index is 5.53. The van der Waals surface area contributed by atoms with Crippen LogP contribution in [-0.2, 0) is 0 Å². The van der Waals surface area contributed by atoms with E-state index in [4.69, 9.17) is 48.9 Å². The van der Waals surface area contributed by atoms with Crippen molar-refractivity contribution in [3.63, 3.8) is 0 Å². The molecule has 38 heavy (non-hydrogen) atoms. The van der Waals surface area contributed by atoms with Crippen LogP contribution in [0.15, 0.2) is 0 Å². The van der Waals surface area contributed by atoms with Crippen LogP contribution in [0.5, 0.6) is 0 Å². The molecule has 8 nitrogen and oxygen atoms in total. The standard InChI is InChI=1S/C26H52N8S4/c1-5-31-15-9-16-32(6-2)20-12-29-25(37)26(38)30-14-22-34(8-4)18-10-17-33(7-3)21-13-28-24(36)23(35)27-11-19-31/h5-22H2,1-4H3,(H,27,35)(H,28,36)(H,29,37)(H,30,38). The first-order valence-electron chi connectivity index (χ1n) is 14.4. The van der Waals surface area contributed by atoms with E-state index in [1.54, 1.807) is 0 Å². The van der Waals surface area contributed by atoms with Crippen LogP contribution in [0.2, 0.25) is 0 Å². The second-order valence-electron chi connectivity index (χ2n) is 9.47. The molecule has 1 aliphatic rings. The molecule has 1 aliphatic heterocycles. The fourth-order valence-corrected chi connectivity index (χ4v) is 5.08. The fourth-order valence-electron chi connectivity index (χ4n) is 4.38. The summed E-state index contributed by atoms with van der Waals surface area (Å²) in [6.07, 6.45) is 2.25. The van der Waals surface area contributed by atoms with Crippen LogP contribution in [0, 0.1) is 0 Å². The third-order valence-electron chi connectivity index (χ3n) is 6.95. The van der Waals surface area contributed by atoms with Crippen LogP contribution in [0.25, 0.3) is 0 Å². The molecule has 1 heterocycles. The zero-order chi connectivity index (χ0) is 28.2. The molecular formula is C26H52N8S4. The number of rotatable bonds is 4. The van der Waals surface area contributed by atoms with Gasteiger partial charge in [0.1, 0.15) is 20.0 Å². The maximum Gasteiger partial charge on any atom is 0.134 e. The van der Waals surface area contributed by atoms with Crippen molar-refractivity contribution in [2.24, 2.45) is 0 Å². The lowest BCUT2D eigenvalue weighted by atomic mass is 10.3. The highest BCUT2D eigenvalue weighted by Crippen LogP contribution is 1.98. The molecular weight excluding hydrogens is 553 g/mol. The minimum Gasteiger partial charge on any atom is -0.373 e. The molecule has 0 aromatic heterocycles. The van der Waals surface area contributed by atoms with E-state index < -0.39 is 0 Å². The first-order valence-corrected chi connectivity index (χ1v) is 16.0. The van der Waals surface area contributed by atoms with Gasteiger partial charge in [-0.2, -0.15) is 0 Å². The zero-order valence-electron chi connectivity index (χ0n) is 24.1. The van der Waals surface area contributed by atoms with E-state index >= 15 is 0 Å². The van der Waals surface area contributed by atoms with Gasteiger partial charge in [0.05, 0.1) is 0 Å². The Bertz CT molecular complexity index is 595. The van der Waals surface area contributed by atoms with Gasteiger partial charge in [0.2, 0.25) is 0 Å². The van der Waals surface area contributed by atoms with Crippen molar-refractivity contribution in [1.29, 1.82) is 0 Å². The van der Waals surface area contributed by atoms with Crippen LogP contribution in [0.4, 0.5) is 0 Å². The van der Waals surface area contributed by atoms with Crippen molar-refractivity contribution >= 4 is 68.8 Å². The summed E-state index contributed by atoms with van der Waals surface area (Å²) in [6, 6.07) is 0. The molecule has 0 atom stereocenters. The quantitative estimate of drug-likeness (QED) is 0.354. The SMILES string of the molecule is CCN1CCCN(CC)CCNC(=S)C(=S)NCCN(CC)CCCN(CC)CCNC(=S)C(=S)NCC1. The van der Waals surface area contributed by atoms with Gasteiger partial charge in [0.25, 0.3) is 0 Å². The molecule has 1 rings (SSSR count). The maximum absolute atomic E-state index is 5.53. The Morgan fingerprint density at radius 3 is 0.816 bits per heavy atom. The predicted molar refractivity (Wildman–Crippen MR) is 180 cm³/mol. The van der Waals surface area contributed by atoms with Crippen molar-refractivity contribution in [1.82, 2.24) is 40.9 Å². The van der Waals surface area contributed by atoms with E-state index in [-0.39, 0.29) is 0 Å². The van der Waals surface area contributed by atoms with Crippen molar-refractivity contribution < 1.29 is 0 Å². The average molecular weight is 605 g/mol. The second-order valence-corrected chi connectivity index (χ2v) is 11.1. The molecule has 0 amide bonds. The second kappa shape index (κ2) is 22.1. The molecule has 1 fully saturated rings. The Morgan fingerprint density at radius 2 is 0.632 bits per heavy atom. The molecule has 4 N–H and O–H groups in total. The van der Waals surface area contributed by atoms with Gasteiger partial charge in [-0.15, -0.1) is 0 Å². The van der Waals surface area contributed by atoms with Gasteiger partial charge >= 0.3 is 0 Å². The smallest absolute Gasteiger partial charge is 0.134 e. The Kier molecular flexibility index (Phi) is 20.6. The average Bonchev–Trinajstić information content (AvgIpc) is 2.92. The summed E-state index contributed by atoms with van der Waals surface area (Å²) in [5.41, 5.74) is 0. The van der Waals surface area contributed by atoms with E-state index in [9.17, 15) is 0 Å². The third-order valence-corrected chi connectivity index (χ3v) is 8.61. The van der Waals surface area contributed by atoms with Crippen LogP contribution in [0.3, 0.4) is 0 Å². The van der Waals surface area contributed by atoms with Crippen LogP contribution < -0.4 is 21.3 Å². The molecule has 12 heteroatoms. The number of thiocarbonyl (C=S) groups is 4. The number of nitrogens with zero attached hydrogens (tertiary/aromatic N) is 4. The van der Waals surface area contributed by atoms with Crippen molar-refractivity contribution in [3.8, 4) is 0 Å². The summed E-state index contributed by atoms with van der Waals surface area (Å²) in [6.45, 7) is 24.2. The molecule has 0 aromatic carbocycles. The fraction of sp³-hybridized carbons (Fsp3) is 0.846. The number of hydrogen-bond donors (Lipinski definition) is 4. The largest absolute Gasteiger partial charge is 0.373 e. The number of hydrogen-bond acceptors (Lipinski definition) is 8. The van der Waals surface area contributed by atoms with E-state index in [1.807, 2.05) is 0 Å². The molecule has 0 aliphatic carbocycles. The van der Waals surface area contributed by atoms with Crippen LogP contribution >= 0.6 is 48.9 Å². The Hall–Kier alpha value is -0.600. The lowest BCUT2D eigenvalue weighted by Gasteiger charge is -2.26. The minimum absolute atomic E-state index is 0.648. The van der Waals surface area contributed by atoms with E-state index in [0.29, 0.717) is 20.0 Å². The van der Waals surface area contributed by atoms with Crippen molar-refractivity contribution in [2.45, 2.75) is 40.5 Å². The van der Waals surface area contributed by atoms with Gasteiger partial charge in [-0.25, -0.2) is 0 Å². The first kappa shape index (κ1) is 35.4. The van der Waals surface area contributed by atoms with E-state index in [2.05, 4.69) is 68.6 Å². The summed E-state index contributed by atoms with van der Waals surface area (Å²) in [4.78, 5) is 12.4. The summed E-state index contributed by atoms with van der Waals surface area (Å²) in [5.74, 6) is 0. The molecule has 220 valence electrons. The molecule has 1 saturated heterocycles. The number of likely N-dealkylation sites (N-methyl/N-ethyl adjacent to an activating group) is 4. The monoisotopic (exact) mass is 604 g/mol. The van der Waals surface area contributed by atoms with Crippen LogP contribution in [0.1, 0.15) is 40.5 Å². The van der Waals surface area contributed by atoms with Crippen LogP contribution in [-0.4, -0.2) is 144 Å². The van der Waals surface area contributed by atoms with Gasteiger partial charge in [-0.05, 0) is 65.2 Å². The van der Waals surface area contributed by atoms with Gasteiger partial charge in [-0.1, -0.05) is 76.6 Å². The highest BCUT2D eigenvalue weighted by Gasteiger charge is 2.11. The summed E-state index contributed by atoms with van der Waals surface area (Å²) in [5, 5.41) is 13.4. The highest BCUT2D eigenvalue weighted by molar-refractivity contribution is 7.89. The lowest BCUT2D eigenvalue weighted by Crippen LogP contribution is -2.44. The third kappa shape index (κ3) is 15.9. The van der Waals surface area contributed by atoms with Gasteiger partial charge < -0.3 is 40.9 Å². The topological polar surface area (TPSA) is 61.1 Å². The molecule has 0 spiro atoms. The lowest BCUT2D eigenvalue weighted by molar-refractivity contribution is 0.241. The molecule has 0 saturated carbocycles.